The molecule has 0 radical (unpaired) electrons. The van der Waals surface area contributed by atoms with E-state index in [1.54, 1.807) is 12.1 Å². The minimum absolute atomic E-state index is 0.0882. The quantitative estimate of drug-likeness (QED) is 0.530. The summed E-state index contributed by atoms with van der Waals surface area (Å²) < 4.78 is 21.6. The first-order chi connectivity index (χ1) is 14.6. The Labute approximate surface area is 180 Å². The van der Waals surface area contributed by atoms with Crippen molar-refractivity contribution < 1.29 is 37.8 Å². The van der Waals surface area contributed by atoms with Crippen LogP contribution in [-0.2, 0) is 33.4 Å². The molecule has 2 heterocycles. The number of methoxy groups -OCH3 is 1. The highest BCUT2D eigenvalue weighted by atomic mass is 16.6. The Morgan fingerprint density at radius 1 is 1.19 bits per heavy atom. The molecule has 8 heteroatoms. The third-order valence-corrected chi connectivity index (χ3v) is 7.76. The minimum Gasteiger partial charge on any atom is -0.469 e. The summed E-state index contributed by atoms with van der Waals surface area (Å²) in [6, 6.07) is 3.46. The maximum atomic E-state index is 13.7. The van der Waals surface area contributed by atoms with E-state index in [1.165, 1.54) is 20.3 Å². The molecule has 4 rings (SSSR count). The first-order valence-corrected chi connectivity index (χ1v) is 10.6. The molecule has 0 amide bonds. The van der Waals surface area contributed by atoms with Crippen molar-refractivity contribution >= 4 is 23.7 Å². The highest BCUT2D eigenvalue weighted by molar-refractivity contribution is 5.93. The first-order valence-electron chi connectivity index (χ1n) is 10.6. The van der Waals surface area contributed by atoms with Crippen molar-refractivity contribution in [2.24, 2.45) is 28.6 Å². The topological polar surface area (TPSA) is 109 Å². The highest BCUT2D eigenvalue weighted by Gasteiger charge is 2.67. The smallest absolute Gasteiger partial charge is 0.310 e. The highest BCUT2D eigenvalue weighted by Crippen LogP contribution is 2.65. The largest absolute Gasteiger partial charge is 0.469 e. The Balaban J connectivity index is 1.80. The van der Waals surface area contributed by atoms with Crippen LogP contribution in [0.3, 0.4) is 0 Å². The van der Waals surface area contributed by atoms with E-state index >= 15 is 0 Å². The van der Waals surface area contributed by atoms with Gasteiger partial charge in [0.1, 0.15) is 5.76 Å². The SMILES string of the molecule is COC(=O)[C@@H]1C[C@H](OC(C)=O)C(=O)[C@H]2[C@@]1(C)CC[C@H]1C(=O)O[C@H](c3ccco3)C[C@]21C. The fourth-order valence-electron chi connectivity index (χ4n) is 6.45. The summed E-state index contributed by atoms with van der Waals surface area (Å²) >= 11 is 0. The summed E-state index contributed by atoms with van der Waals surface area (Å²) in [6.45, 7) is 5.08. The molecular weight excluding hydrogens is 404 g/mol. The third kappa shape index (κ3) is 3.27. The summed E-state index contributed by atoms with van der Waals surface area (Å²) in [4.78, 5) is 51.2. The average Bonchev–Trinajstić information content (AvgIpc) is 3.23. The van der Waals surface area contributed by atoms with Gasteiger partial charge in [-0.25, -0.2) is 0 Å². The average molecular weight is 432 g/mol. The van der Waals surface area contributed by atoms with E-state index in [1.807, 2.05) is 13.8 Å². The second kappa shape index (κ2) is 7.50. The normalized spacial score (nSPS) is 39.7. The number of ketones is 1. The van der Waals surface area contributed by atoms with Crippen LogP contribution in [0.25, 0.3) is 0 Å². The van der Waals surface area contributed by atoms with Crippen molar-refractivity contribution in [3.63, 3.8) is 0 Å². The van der Waals surface area contributed by atoms with Crippen LogP contribution in [0.4, 0.5) is 0 Å². The summed E-state index contributed by atoms with van der Waals surface area (Å²) in [5.41, 5.74) is -1.51. The number of carbonyl (C=O) groups is 4. The van der Waals surface area contributed by atoms with Crippen molar-refractivity contribution in [1.29, 1.82) is 0 Å². The van der Waals surface area contributed by atoms with Gasteiger partial charge in [-0.05, 0) is 42.2 Å². The number of fused-ring (bicyclic) bond motifs is 3. The Morgan fingerprint density at radius 2 is 1.94 bits per heavy atom. The standard InChI is InChI=1S/C23H28O8/c1-12(24)30-16-10-14(20(26)28-4)22(2)8-7-13-21(27)31-17(15-6-5-9-29-15)11-23(13,3)19(22)18(16)25/h5-6,9,13-14,16-17,19H,7-8,10-11H2,1-4H3/t13-,14-,16-,17-,19-,22-,23-/m0/s1. The van der Waals surface area contributed by atoms with E-state index in [-0.39, 0.29) is 18.2 Å². The van der Waals surface area contributed by atoms with Crippen LogP contribution in [0, 0.1) is 28.6 Å². The van der Waals surface area contributed by atoms with Crippen molar-refractivity contribution in [2.75, 3.05) is 7.11 Å². The molecule has 3 aliphatic rings. The molecular formula is C23H28O8. The lowest BCUT2D eigenvalue weighted by Crippen LogP contribution is -2.64. The van der Waals surface area contributed by atoms with Gasteiger partial charge in [-0.2, -0.15) is 0 Å². The number of rotatable bonds is 3. The molecule has 0 N–H and O–H groups in total. The van der Waals surface area contributed by atoms with Crippen molar-refractivity contribution in [2.45, 2.75) is 58.7 Å². The fraction of sp³-hybridized carbons (Fsp3) is 0.652. The number of cyclic esters (lactones) is 1. The maximum Gasteiger partial charge on any atom is 0.310 e. The minimum atomic E-state index is -1.05. The van der Waals surface area contributed by atoms with Gasteiger partial charge in [0.05, 0.1) is 25.2 Å². The van der Waals surface area contributed by atoms with Crippen LogP contribution in [0.15, 0.2) is 22.8 Å². The molecule has 8 nitrogen and oxygen atoms in total. The van der Waals surface area contributed by atoms with Gasteiger partial charge in [0.25, 0.3) is 0 Å². The number of carbonyl (C=O) groups excluding carboxylic acids is 4. The monoisotopic (exact) mass is 432 g/mol. The lowest BCUT2D eigenvalue weighted by atomic mass is 9.43. The second-order valence-corrected chi connectivity index (χ2v) is 9.49. The van der Waals surface area contributed by atoms with Gasteiger partial charge in [0.2, 0.25) is 0 Å². The molecule has 31 heavy (non-hydrogen) atoms. The molecule has 7 atom stereocenters. The lowest BCUT2D eigenvalue weighted by molar-refractivity contribution is -0.211. The molecule has 2 aliphatic carbocycles. The maximum absolute atomic E-state index is 13.7. The number of hydrogen-bond acceptors (Lipinski definition) is 8. The Bertz CT molecular complexity index is 905. The molecule has 1 aromatic rings. The van der Waals surface area contributed by atoms with E-state index in [2.05, 4.69) is 0 Å². The molecule has 0 spiro atoms. The molecule has 1 aromatic heterocycles. The molecule has 0 unspecified atom stereocenters. The van der Waals surface area contributed by atoms with Gasteiger partial charge in [-0.15, -0.1) is 0 Å². The first kappa shape index (κ1) is 21.6. The number of Topliss-reactive ketones (excluding diaryl/α,β-unsaturated/α-hetero) is 1. The Morgan fingerprint density at radius 3 is 2.55 bits per heavy atom. The van der Waals surface area contributed by atoms with E-state index < -0.39 is 52.7 Å². The van der Waals surface area contributed by atoms with Gasteiger partial charge >= 0.3 is 17.9 Å². The zero-order chi connectivity index (χ0) is 22.6. The summed E-state index contributed by atoms with van der Waals surface area (Å²) in [7, 11) is 1.32. The van der Waals surface area contributed by atoms with Gasteiger partial charge in [0.15, 0.2) is 18.0 Å². The number of hydrogen-bond donors (Lipinski definition) is 0. The van der Waals surface area contributed by atoms with Crippen LogP contribution >= 0.6 is 0 Å². The zero-order valence-electron chi connectivity index (χ0n) is 18.2. The summed E-state index contributed by atoms with van der Waals surface area (Å²) in [5.74, 6) is -2.89. The molecule has 168 valence electrons. The van der Waals surface area contributed by atoms with Crippen LogP contribution in [0.5, 0.6) is 0 Å². The zero-order valence-corrected chi connectivity index (χ0v) is 18.2. The number of ether oxygens (including phenoxy) is 3. The molecule has 0 aromatic carbocycles. The third-order valence-electron chi connectivity index (χ3n) is 7.76. The van der Waals surface area contributed by atoms with E-state index in [9.17, 15) is 19.2 Å². The Kier molecular flexibility index (Phi) is 5.22. The molecule has 1 aliphatic heterocycles. The molecule has 2 saturated carbocycles. The van der Waals surface area contributed by atoms with Crippen molar-refractivity contribution in [3.8, 4) is 0 Å². The van der Waals surface area contributed by atoms with Crippen LogP contribution in [0.1, 0.15) is 58.3 Å². The van der Waals surface area contributed by atoms with Gasteiger partial charge in [-0.1, -0.05) is 13.8 Å². The second-order valence-electron chi connectivity index (χ2n) is 9.49. The van der Waals surface area contributed by atoms with Gasteiger partial charge in [-0.3, -0.25) is 19.2 Å². The van der Waals surface area contributed by atoms with Crippen molar-refractivity contribution in [1.82, 2.24) is 0 Å². The lowest BCUT2D eigenvalue weighted by Gasteiger charge is -2.60. The van der Waals surface area contributed by atoms with Crippen LogP contribution < -0.4 is 0 Å². The van der Waals surface area contributed by atoms with E-state index in [0.29, 0.717) is 25.0 Å². The number of furan rings is 1. The predicted octanol–water partition coefficient (Wildman–Crippen LogP) is 3.00. The fourth-order valence-corrected chi connectivity index (χ4v) is 6.45. The van der Waals surface area contributed by atoms with E-state index in [0.717, 1.165) is 0 Å². The molecule has 1 saturated heterocycles. The predicted molar refractivity (Wildman–Crippen MR) is 105 cm³/mol. The number of esters is 3. The van der Waals surface area contributed by atoms with Crippen LogP contribution in [0.2, 0.25) is 0 Å². The van der Waals surface area contributed by atoms with Crippen molar-refractivity contribution in [3.05, 3.63) is 24.2 Å². The van der Waals surface area contributed by atoms with Gasteiger partial charge in [0, 0.05) is 19.3 Å². The Hall–Kier alpha value is -2.64. The van der Waals surface area contributed by atoms with E-state index in [4.69, 9.17) is 18.6 Å². The molecule has 3 fully saturated rings. The van der Waals surface area contributed by atoms with Crippen LogP contribution in [-0.4, -0.2) is 36.9 Å². The summed E-state index contributed by atoms with van der Waals surface area (Å²) in [6.07, 6.45) is 1.32. The summed E-state index contributed by atoms with van der Waals surface area (Å²) in [5, 5.41) is 0. The van der Waals surface area contributed by atoms with Gasteiger partial charge < -0.3 is 18.6 Å². The molecule has 0 bridgehead atoms.